The van der Waals surface area contributed by atoms with Crippen LogP contribution < -0.4 is 0 Å². The molecule has 0 amide bonds. The third kappa shape index (κ3) is 1.67. The summed E-state index contributed by atoms with van der Waals surface area (Å²) in [5.74, 6) is -0.937. The van der Waals surface area contributed by atoms with Crippen LogP contribution in [0.25, 0.3) is 0 Å². The highest BCUT2D eigenvalue weighted by Gasteiger charge is 2.05. The SMILES string of the molecule is O=Cc1[nH]ccc1CC(=O)O. The highest BCUT2D eigenvalue weighted by molar-refractivity contribution is 5.79. The predicted octanol–water partition coefficient (Wildman–Crippen LogP) is 0.454. The van der Waals surface area contributed by atoms with Crippen molar-refractivity contribution in [1.82, 2.24) is 4.98 Å². The molecule has 1 heterocycles. The minimum atomic E-state index is -0.937. The topological polar surface area (TPSA) is 70.2 Å². The Morgan fingerprint density at radius 1 is 1.73 bits per heavy atom. The molecule has 0 spiro atoms. The standard InChI is InChI=1S/C7H7NO3/c9-4-6-5(1-2-8-6)3-7(10)11/h1-2,4,8H,3H2,(H,10,11). The van der Waals surface area contributed by atoms with Gasteiger partial charge in [0, 0.05) is 6.20 Å². The van der Waals surface area contributed by atoms with E-state index >= 15 is 0 Å². The monoisotopic (exact) mass is 153 g/mol. The summed E-state index contributed by atoms with van der Waals surface area (Å²) in [6.07, 6.45) is 2.04. The van der Waals surface area contributed by atoms with Crippen LogP contribution in [0.3, 0.4) is 0 Å². The number of hydrogen-bond acceptors (Lipinski definition) is 2. The summed E-state index contributed by atoms with van der Waals surface area (Å²) < 4.78 is 0. The van der Waals surface area contributed by atoms with Crippen LogP contribution >= 0.6 is 0 Å². The molecule has 0 aliphatic carbocycles. The molecule has 0 aliphatic heterocycles. The molecule has 1 aromatic rings. The molecular formula is C7H7NO3. The number of carboxylic acid groups (broad SMARTS) is 1. The van der Waals surface area contributed by atoms with Gasteiger partial charge in [-0.05, 0) is 11.6 Å². The Kier molecular flexibility index (Phi) is 2.06. The van der Waals surface area contributed by atoms with Crippen LogP contribution in [0, 0.1) is 0 Å². The average molecular weight is 153 g/mol. The molecule has 0 aliphatic rings. The Labute approximate surface area is 62.9 Å². The summed E-state index contributed by atoms with van der Waals surface area (Å²) in [5, 5.41) is 8.38. The first-order valence-electron chi connectivity index (χ1n) is 3.07. The number of carboxylic acids is 1. The fourth-order valence-corrected chi connectivity index (χ4v) is 0.841. The molecule has 4 nitrogen and oxygen atoms in total. The second-order valence-electron chi connectivity index (χ2n) is 2.10. The van der Waals surface area contributed by atoms with E-state index in [9.17, 15) is 9.59 Å². The molecule has 0 bridgehead atoms. The molecule has 0 atom stereocenters. The number of nitrogens with one attached hydrogen (secondary N) is 1. The largest absolute Gasteiger partial charge is 0.481 e. The number of carbonyl (C=O) groups is 2. The van der Waals surface area contributed by atoms with Gasteiger partial charge >= 0.3 is 5.97 Å². The Morgan fingerprint density at radius 2 is 2.45 bits per heavy atom. The number of hydrogen-bond donors (Lipinski definition) is 2. The van der Waals surface area contributed by atoms with E-state index in [0.717, 1.165) is 0 Å². The number of aldehydes is 1. The first-order chi connectivity index (χ1) is 5.24. The summed E-state index contributed by atoms with van der Waals surface area (Å²) in [4.78, 5) is 23.1. The molecule has 1 rings (SSSR count). The lowest BCUT2D eigenvalue weighted by atomic mass is 10.2. The highest BCUT2D eigenvalue weighted by Crippen LogP contribution is 2.04. The summed E-state index contributed by atoms with van der Waals surface area (Å²) in [6, 6.07) is 1.58. The van der Waals surface area contributed by atoms with Gasteiger partial charge in [-0.3, -0.25) is 9.59 Å². The maximum Gasteiger partial charge on any atom is 0.307 e. The number of rotatable bonds is 3. The van der Waals surface area contributed by atoms with Crippen molar-refractivity contribution < 1.29 is 14.7 Å². The first kappa shape index (κ1) is 7.53. The molecule has 0 fully saturated rings. The number of H-pyrrole nitrogens is 1. The van der Waals surface area contributed by atoms with Gasteiger partial charge in [0.1, 0.15) is 0 Å². The molecule has 4 heteroatoms. The molecule has 58 valence electrons. The lowest BCUT2D eigenvalue weighted by molar-refractivity contribution is -0.136. The lowest BCUT2D eigenvalue weighted by Crippen LogP contribution is -2.01. The van der Waals surface area contributed by atoms with Crippen molar-refractivity contribution >= 4 is 12.3 Å². The number of aromatic amines is 1. The molecular weight excluding hydrogens is 146 g/mol. The van der Waals surface area contributed by atoms with Gasteiger partial charge < -0.3 is 10.1 Å². The first-order valence-corrected chi connectivity index (χ1v) is 3.07. The molecule has 11 heavy (non-hydrogen) atoms. The average Bonchev–Trinajstić information content (AvgIpc) is 2.34. The van der Waals surface area contributed by atoms with Gasteiger partial charge in [-0.2, -0.15) is 0 Å². The second-order valence-corrected chi connectivity index (χ2v) is 2.10. The summed E-state index contributed by atoms with van der Waals surface area (Å²) >= 11 is 0. The van der Waals surface area contributed by atoms with E-state index in [1.807, 2.05) is 0 Å². The van der Waals surface area contributed by atoms with Gasteiger partial charge in [0.2, 0.25) is 0 Å². The van der Waals surface area contributed by atoms with E-state index in [0.29, 0.717) is 17.5 Å². The zero-order valence-corrected chi connectivity index (χ0v) is 5.70. The Balaban J connectivity index is 2.84. The van der Waals surface area contributed by atoms with Crippen molar-refractivity contribution in [3.05, 3.63) is 23.5 Å². The molecule has 0 radical (unpaired) electrons. The number of carbonyl (C=O) groups excluding carboxylic acids is 1. The number of aliphatic carboxylic acids is 1. The van der Waals surface area contributed by atoms with E-state index in [2.05, 4.69) is 4.98 Å². The van der Waals surface area contributed by atoms with Gasteiger partial charge in [-0.25, -0.2) is 0 Å². The van der Waals surface area contributed by atoms with Crippen molar-refractivity contribution in [3.8, 4) is 0 Å². The van der Waals surface area contributed by atoms with Gasteiger partial charge in [-0.15, -0.1) is 0 Å². The van der Waals surface area contributed by atoms with Crippen LogP contribution in [0.4, 0.5) is 0 Å². The van der Waals surface area contributed by atoms with Crippen LogP contribution in [0.15, 0.2) is 12.3 Å². The summed E-state index contributed by atoms with van der Waals surface area (Å²) in [6.45, 7) is 0. The van der Waals surface area contributed by atoms with Crippen LogP contribution in [-0.2, 0) is 11.2 Å². The molecule has 0 unspecified atom stereocenters. The van der Waals surface area contributed by atoms with Crippen LogP contribution in [0.2, 0.25) is 0 Å². The molecule has 0 saturated carbocycles. The normalized spacial score (nSPS) is 9.45. The fraction of sp³-hybridized carbons (Fsp3) is 0.143. The minimum Gasteiger partial charge on any atom is -0.481 e. The predicted molar refractivity (Wildman–Crippen MR) is 37.5 cm³/mol. The van der Waals surface area contributed by atoms with E-state index < -0.39 is 5.97 Å². The van der Waals surface area contributed by atoms with Gasteiger partial charge in [0.05, 0.1) is 12.1 Å². The van der Waals surface area contributed by atoms with Crippen LogP contribution in [0.1, 0.15) is 16.1 Å². The van der Waals surface area contributed by atoms with E-state index in [1.54, 1.807) is 12.3 Å². The molecule has 2 N–H and O–H groups in total. The molecule has 1 aromatic heterocycles. The smallest absolute Gasteiger partial charge is 0.307 e. The van der Waals surface area contributed by atoms with E-state index in [-0.39, 0.29) is 6.42 Å². The summed E-state index contributed by atoms with van der Waals surface area (Å²) in [7, 11) is 0. The fourth-order valence-electron chi connectivity index (χ4n) is 0.841. The molecule has 0 saturated heterocycles. The van der Waals surface area contributed by atoms with Crippen molar-refractivity contribution in [2.75, 3.05) is 0 Å². The van der Waals surface area contributed by atoms with Crippen molar-refractivity contribution in [1.29, 1.82) is 0 Å². The zero-order valence-electron chi connectivity index (χ0n) is 5.70. The Hall–Kier alpha value is -1.58. The van der Waals surface area contributed by atoms with Crippen molar-refractivity contribution in [2.45, 2.75) is 6.42 Å². The lowest BCUT2D eigenvalue weighted by Gasteiger charge is -1.91. The minimum absolute atomic E-state index is 0.114. The maximum absolute atomic E-state index is 10.2. The molecule has 0 aromatic carbocycles. The number of aromatic nitrogens is 1. The third-order valence-electron chi connectivity index (χ3n) is 1.33. The third-order valence-corrected chi connectivity index (χ3v) is 1.33. The Morgan fingerprint density at radius 3 is 3.00 bits per heavy atom. The van der Waals surface area contributed by atoms with Gasteiger partial charge in [-0.1, -0.05) is 0 Å². The van der Waals surface area contributed by atoms with E-state index in [1.165, 1.54) is 0 Å². The van der Waals surface area contributed by atoms with E-state index in [4.69, 9.17) is 5.11 Å². The van der Waals surface area contributed by atoms with Gasteiger partial charge in [0.25, 0.3) is 0 Å². The quantitative estimate of drug-likeness (QED) is 0.619. The van der Waals surface area contributed by atoms with Crippen molar-refractivity contribution in [3.63, 3.8) is 0 Å². The second kappa shape index (κ2) is 3.01. The highest BCUT2D eigenvalue weighted by atomic mass is 16.4. The summed E-state index contributed by atoms with van der Waals surface area (Å²) in [5.41, 5.74) is 0.861. The zero-order chi connectivity index (χ0) is 8.27. The Bertz CT molecular complexity index is 277. The van der Waals surface area contributed by atoms with Crippen LogP contribution in [-0.4, -0.2) is 22.3 Å². The van der Waals surface area contributed by atoms with Gasteiger partial charge in [0.15, 0.2) is 6.29 Å². The van der Waals surface area contributed by atoms with Crippen molar-refractivity contribution in [2.24, 2.45) is 0 Å². The van der Waals surface area contributed by atoms with Crippen LogP contribution in [0.5, 0.6) is 0 Å². The maximum atomic E-state index is 10.2.